The molecule has 0 saturated carbocycles. The summed E-state index contributed by atoms with van der Waals surface area (Å²) in [6, 6.07) is 19.3. The van der Waals surface area contributed by atoms with Crippen LogP contribution in [0.1, 0.15) is 28.8 Å². The van der Waals surface area contributed by atoms with Crippen LogP contribution in [0.25, 0.3) is 11.3 Å². The molecule has 2 aromatic carbocycles. The van der Waals surface area contributed by atoms with Crippen molar-refractivity contribution in [2.75, 3.05) is 18.0 Å². The monoisotopic (exact) mass is 378 g/mol. The number of aromatic carboxylic acids is 1. The minimum Gasteiger partial charge on any atom is -0.477 e. The van der Waals surface area contributed by atoms with Crippen LogP contribution in [0.4, 0.5) is 5.82 Å². The Kier molecular flexibility index (Phi) is 5.39. The molecule has 0 atom stereocenters. The number of nitrogens with zero attached hydrogens (tertiary/aromatic N) is 2. The van der Waals surface area contributed by atoms with Gasteiger partial charge >= 0.3 is 5.97 Å². The Balaban J connectivity index is 1.43. The van der Waals surface area contributed by atoms with Crippen LogP contribution in [0.5, 0.6) is 0 Å². The van der Waals surface area contributed by atoms with Crippen molar-refractivity contribution in [2.24, 2.45) is 0 Å². The second kappa shape index (κ2) is 8.27. The van der Waals surface area contributed by atoms with E-state index in [0.717, 1.165) is 18.4 Å². The lowest BCUT2D eigenvalue weighted by molar-refractivity contribution is 0.0250. The molecular formula is C22H22N2O4. The first-order chi connectivity index (χ1) is 13.7. The van der Waals surface area contributed by atoms with Gasteiger partial charge in [0.1, 0.15) is 0 Å². The van der Waals surface area contributed by atoms with Gasteiger partial charge in [-0.2, -0.15) is 0 Å². The smallest absolute Gasteiger partial charge is 0.343 e. The molecule has 4 rings (SSSR count). The van der Waals surface area contributed by atoms with Gasteiger partial charge in [0.05, 0.1) is 12.7 Å². The van der Waals surface area contributed by atoms with E-state index in [1.165, 1.54) is 0 Å². The van der Waals surface area contributed by atoms with E-state index in [9.17, 15) is 9.90 Å². The van der Waals surface area contributed by atoms with E-state index in [-0.39, 0.29) is 11.7 Å². The van der Waals surface area contributed by atoms with Gasteiger partial charge in [-0.05, 0) is 18.4 Å². The Hall–Kier alpha value is -3.12. The average molecular weight is 378 g/mol. The number of carbonyl (C=O) groups is 1. The van der Waals surface area contributed by atoms with Crippen LogP contribution in [0.2, 0.25) is 0 Å². The van der Waals surface area contributed by atoms with E-state index in [2.05, 4.69) is 17.3 Å². The van der Waals surface area contributed by atoms with Gasteiger partial charge in [0, 0.05) is 18.7 Å². The van der Waals surface area contributed by atoms with Gasteiger partial charge in [-0.25, -0.2) is 4.79 Å². The third-order valence-electron chi connectivity index (χ3n) is 4.99. The number of anilines is 1. The number of carboxylic acids is 1. The summed E-state index contributed by atoms with van der Waals surface area (Å²) in [7, 11) is 0. The number of carboxylic acid groups (broad SMARTS) is 1. The highest BCUT2D eigenvalue weighted by Gasteiger charge is 2.30. The fraction of sp³-hybridized carbons (Fsp3) is 0.273. The summed E-state index contributed by atoms with van der Waals surface area (Å²) in [4.78, 5) is 13.9. The zero-order valence-electron chi connectivity index (χ0n) is 15.5. The molecule has 1 saturated heterocycles. The van der Waals surface area contributed by atoms with E-state index in [1.807, 2.05) is 53.4 Å². The van der Waals surface area contributed by atoms with E-state index in [0.29, 0.717) is 36.8 Å². The maximum atomic E-state index is 11.9. The lowest BCUT2D eigenvalue weighted by Gasteiger charge is -2.32. The molecule has 2 heterocycles. The van der Waals surface area contributed by atoms with Gasteiger partial charge in [-0.1, -0.05) is 65.8 Å². The molecule has 1 N–H and O–H groups in total. The zero-order chi connectivity index (χ0) is 19.3. The van der Waals surface area contributed by atoms with Crippen LogP contribution in [-0.4, -0.2) is 35.4 Å². The van der Waals surface area contributed by atoms with Crippen molar-refractivity contribution in [3.8, 4) is 11.3 Å². The molecule has 1 aromatic heterocycles. The molecule has 0 spiro atoms. The molecule has 1 aliphatic heterocycles. The minimum atomic E-state index is -1.03. The van der Waals surface area contributed by atoms with Gasteiger partial charge in [-0.15, -0.1) is 0 Å². The lowest BCUT2D eigenvalue weighted by atomic mass is 10.1. The molecule has 1 fully saturated rings. The van der Waals surface area contributed by atoms with Gasteiger partial charge in [0.25, 0.3) is 0 Å². The fourth-order valence-corrected chi connectivity index (χ4v) is 3.50. The van der Waals surface area contributed by atoms with Crippen LogP contribution < -0.4 is 4.90 Å². The van der Waals surface area contributed by atoms with E-state index in [1.54, 1.807) is 0 Å². The predicted octanol–water partition coefficient (Wildman–Crippen LogP) is 4.23. The standard InChI is InChI=1S/C22H22N2O4/c25-22(26)19-20(17-9-5-2-6-10-17)28-23-21(19)24-13-11-18(12-14-24)27-15-16-7-3-1-4-8-16/h1-10,18H,11-15H2,(H,25,26). The van der Waals surface area contributed by atoms with Crippen LogP contribution in [0.3, 0.4) is 0 Å². The highest BCUT2D eigenvalue weighted by Crippen LogP contribution is 2.33. The summed E-state index contributed by atoms with van der Waals surface area (Å²) in [5.74, 6) is -0.337. The number of benzene rings is 2. The summed E-state index contributed by atoms with van der Waals surface area (Å²) in [5, 5.41) is 13.8. The molecule has 144 valence electrons. The zero-order valence-corrected chi connectivity index (χ0v) is 15.5. The number of piperidine rings is 1. The molecule has 0 bridgehead atoms. The van der Waals surface area contributed by atoms with E-state index < -0.39 is 5.97 Å². The van der Waals surface area contributed by atoms with Crippen molar-refractivity contribution in [2.45, 2.75) is 25.6 Å². The van der Waals surface area contributed by atoms with E-state index >= 15 is 0 Å². The van der Waals surface area contributed by atoms with Gasteiger partial charge in [0.2, 0.25) is 0 Å². The number of rotatable bonds is 6. The quantitative estimate of drug-likeness (QED) is 0.692. The maximum Gasteiger partial charge on any atom is 0.343 e. The first kappa shape index (κ1) is 18.3. The molecular weight excluding hydrogens is 356 g/mol. The Morgan fingerprint density at radius 3 is 2.36 bits per heavy atom. The third-order valence-corrected chi connectivity index (χ3v) is 4.99. The van der Waals surface area contributed by atoms with Crippen molar-refractivity contribution >= 4 is 11.8 Å². The summed E-state index contributed by atoms with van der Waals surface area (Å²) in [6.07, 6.45) is 1.80. The van der Waals surface area contributed by atoms with Gasteiger partial charge < -0.3 is 19.3 Å². The number of hydrogen-bond acceptors (Lipinski definition) is 5. The molecule has 0 amide bonds. The molecule has 3 aromatic rings. The van der Waals surface area contributed by atoms with Crippen molar-refractivity contribution in [3.05, 3.63) is 71.8 Å². The molecule has 0 aliphatic carbocycles. The maximum absolute atomic E-state index is 11.9. The SMILES string of the molecule is O=C(O)c1c(N2CCC(OCc3ccccc3)CC2)noc1-c1ccccc1. The van der Waals surface area contributed by atoms with Gasteiger partial charge in [-0.3, -0.25) is 0 Å². The second-order valence-corrected chi connectivity index (χ2v) is 6.86. The van der Waals surface area contributed by atoms with E-state index in [4.69, 9.17) is 9.26 Å². The largest absolute Gasteiger partial charge is 0.477 e. The number of aromatic nitrogens is 1. The molecule has 6 heteroatoms. The van der Waals surface area contributed by atoms with Crippen molar-refractivity contribution in [3.63, 3.8) is 0 Å². The molecule has 0 radical (unpaired) electrons. The van der Waals surface area contributed by atoms with Crippen molar-refractivity contribution < 1.29 is 19.2 Å². The number of ether oxygens (including phenoxy) is 1. The average Bonchev–Trinajstić information content (AvgIpc) is 3.20. The minimum absolute atomic E-state index is 0.120. The molecule has 6 nitrogen and oxygen atoms in total. The fourth-order valence-electron chi connectivity index (χ4n) is 3.50. The summed E-state index contributed by atoms with van der Waals surface area (Å²) < 4.78 is 11.4. The number of hydrogen-bond donors (Lipinski definition) is 1. The highest BCUT2D eigenvalue weighted by atomic mass is 16.5. The Labute approximate surface area is 163 Å². The molecule has 0 unspecified atom stereocenters. The van der Waals surface area contributed by atoms with Crippen LogP contribution in [0, 0.1) is 0 Å². The normalized spacial score (nSPS) is 14.9. The first-order valence-corrected chi connectivity index (χ1v) is 9.41. The predicted molar refractivity (Wildman–Crippen MR) is 105 cm³/mol. The third kappa shape index (κ3) is 3.92. The van der Waals surface area contributed by atoms with Crippen LogP contribution in [-0.2, 0) is 11.3 Å². The summed E-state index contributed by atoms with van der Waals surface area (Å²) >= 11 is 0. The Morgan fingerprint density at radius 1 is 1.07 bits per heavy atom. The first-order valence-electron chi connectivity index (χ1n) is 9.41. The van der Waals surface area contributed by atoms with Crippen LogP contribution >= 0.6 is 0 Å². The molecule has 28 heavy (non-hydrogen) atoms. The van der Waals surface area contributed by atoms with Crippen LogP contribution in [0.15, 0.2) is 65.2 Å². The Morgan fingerprint density at radius 2 is 1.71 bits per heavy atom. The topological polar surface area (TPSA) is 75.8 Å². The lowest BCUT2D eigenvalue weighted by Crippen LogP contribution is -2.37. The molecule has 1 aliphatic rings. The summed E-state index contributed by atoms with van der Waals surface area (Å²) in [5.41, 5.74) is 1.98. The van der Waals surface area contributed by atoms with Crippen molar-refractivity contribution in [1.29, 1.82) is 0 Å². The Bertz CT molecular complexity index is 916. The van der Waals surface area contributed by atoms with Crippen molar-refractivity contribution in [1.82, 2.24) is 5.16 Å². The second-order valence-electron chi connectivity index (χ2n) is 6.86. The summed E-state index contributed by atoms with van der Waals surface area (Å²) in [6.45, 7) is 1.95. The highest BCUT2D eigenvalue weighted by molar-refractivity contribution is 5.99. The van der Waals surface area contributed by atoms with Gasteiger partial charge in [0.15, 0.2) is 17.1 Å².